The second kappa shape index (κ2) is 8.92. The van der Waals surface area contributed by atoms with Crippen LogP contribution in [0.3, 0.4) is 0 Å². The number of carbonyl (C=O) groups excluding carboxylic acids is 1. The number of benzene rings is 1. The highest BCUT2D eigenvalue weighted by atomic mass is 32.1. The van der Waals surface area contributed by atoms with Crippen LogP contribution in [0.15, 0.2) is 40.8 Å². The lowest BCUT2D eigenvalue weighted by Crippen LogP contribution is -2.28. The summed E-state index contributed by atoms with van der Waals surface area (Å²) in [6, 6.07) is 8.09. The Labute approximate surface area is 162 Å². The predicted molar refractivity (Wildman–Crippen MR) is 110 cm³/mol. The molecule has 2 heterocycles. The lowest BCUT2D eigenvalue weighted by Gasteiger charge is -2.07. The third-order valence-corrected chi connectivity index (χ3v) is 5.34. The predicted octanol–water partition coefficient (Wildman–Crippen LogP) is 2.68. The van der Waals surface area contributed by atoms with E-state index in [2.05, 4.69) is 10.3 Å². The Morgan fingerprint density at radius 2 is 2.04 bits per heavy atom. The van der Waals surface area contributed by atoms with Crippen LogP contribution in [0.5, 0.6) is 0 Å². The normalized spacial score (nSPS) is 11.0. The summed E-state index contributed by atoms with van der Waals surface area (Å²) in [6.07, 6.45) is 3.53. The van der Waals surface area contributed by atoms with E-state index in [-0.39, 0.29) is 17.9 Å². The van der Waals surface area contributed by atoms with E-state index in [1.165, 1.54) is 27.8 Å². The van der Waals surface area contributed by atoms with Gasteiger partial charge < -0.3 is 11.1 Å². The van der Waals surface area contributed by atoms with Crippen molar-refractivity contribution in [2.24, 2.45) is 5.73 Å². The largest absolute Gasteiger partial charge is 0.356 e. The number of fused-ring (bicyclic) bond motifs is 1. The first-order valence-electron chi connectivity index (χ1n) is 9.10. The second-order valence-corrected chi connectivity index (χ2v) is 7.39. The highest BCUT2D eigenvalue weighted by molar-refractivity contribution is 7.17. The van der Waals surface area contributed by atoms with E-state index in [1.54, 1.807) is 0 Å². The van der Waals surface area contributed by atoms with Gasteiger partial charge in [0.25, 0.3) is 5.56 Å². The number of aromatic nitrogens is 2. The lowest BCUT2D eigenvalue weighted by atomic mass is 10.1. The molecule has 0 saturated carbocycles. The van der Waals surface area contributed by atoms with E-state index in [0.29, 0.717) is 25.0 Å². The SMILES string of the molecule is Cc1ccc(-c2csc3ncn(CCC(=O)NCCCCN)c(=O)c23)cc1. The molecule has 0 radical (unpaired) electrons. The molecule has 142 valence electrons. The van der Waals surface area contributed by atoms with Crippen LogP contribution in [-0.2, 0) is 11.3 Å². The number of unbranched alkanes of at least 4 members (excludes halogenated alkanes) is 1. The van der Waals surface area contributed by atoms with Gasteiger partial charge in [0.15, 0.2) is 0 Å². The fourth-order valence-electron chi connectivity index (χ4n) is 2.88. The maximum atomic E-state index is 12.9. The molecule has 3 aromatic rings. The molecule has 1 amide bonds. The molecule has 2 aromatic heterocycles. The van der Waals surface area contributed by atoms with Gasteiger partial charge in [-0.15, -0.1) is 11.3 Å². The molecule has 0 atom stereocenters. The third kappa shape index (κ3) is 4.61. The molecule has 0 aliphatic carbocycles. The molecule has 0 spiro atoms. The first kappa shape index (κ1) is 19.3. The zero-order valence-corrected chi connectivity index (χ0v) is 16.2. The summed E-state index contributed by atoms with van der Waals surface area (Å²) in [6.45, 7) is 3.59. The van der Waals surface area contributed by atoms with Gasteiger partial charge in [-0.2, -0.15) is 0 Å². The molecular formula is C20H24N4O2S. The van der Waals surface area contributed by atoms with E-state index < -0.39 is 0 Å². The average Bonchev–Trinajstić information content (AvgIpc) is 3.10. The zero-order chi connectivity index (χ0) is 19.2. The number of nitrogens with zero attached hydrogens (tertiary/aromatic N) is 2. The smallest absolute Gasteiger partial charge is 0.262 e. The Morgan fingerprint density at radius 1 is 1.26 bits per heavy atom. The highest BCUT2D eigenvalue weighted by Gasteiger charge is 2.13. The Bertz CT molecular complexity index is 976. The van der Waals surface area contributed by atoms with Crippen LogP contribution >= 0.6 is 11.3 Å². The van der Waals surface area contributed by atoms with Crippen LogP contribution < -0.4 is 16.6 Å². The first-order chi connectivity index (χ1) is 13.1. The van der Waals surface area contributed by atoms with Gasteiger partial charge in [-0.25, -0.2) is 4.98 Å². The fourth-order valence-corrected chi connectivity index (χ4v) is 3.79. The molecule has 0 fully saturated rings. The number of nitrogens with two attached hydrogens (primary N) is 1. The van der Waals surface area contributed by atoms with Crippen molar-refractivity contribution < 1.29 is 4.79 Å². The van der Waals surface area contributed by atoms with Gasteiger partial charge in [-0.1, -0.05) is 29.8 Å². The van der Waals surface area contributed by atoms with Crippen molar-refractivity contribution in [3.8, 4) is 11.1 Å². The van der Waals surface area contributed by atoms with Crippen molar-refractivity contribution in [1.82, 2.24) is 14.9 Å². The van der Waals surface area contributed by atoms with Gasteiger partial charge in [0.2, 0.25) is 5.91 Å². The van der Waals surface area contributed by atoms with Gasteiger partial charge in [0.1, 0.15) is 4.83 Å². The number of carbonyl (C=O) groups is 1. The van der Waals surface area contributed by atoms with Crippen LogP contribution in [0.1, 0.15) is 24.8 Å². The van der Waals surface area contributed by atoms with Crippen LogP contribution in [0.25, 0.3) is 21.3 Å². The fraction of sp³-hybridized carbons (Fsp3) is 0.350. The van der Waals surface area contributed by atoms with Gasteiger partial charge in [-0.05, 0) is 31.9 Å². The zero-order valence-electron chi connectivity index (χ0n) is 15.4. The van der Waals surface area contributed by atoms with E-state index in [9.17, 15) is 9.59 Å². The van der Waals surface area contributed by atoms with Gasteiger partial charge >= 0.3 is 0 Å². The van der Waals surface area contributed by atoms with E-state index in [4.69, 9.17) is 5.73 Å². The molecule has 0 aliphatic rings. The van der Waals surface area contributed by atoms with Crippen molar-refractivity contribution in [1.29, 1.82) is 0 Å². The minimum atomic E-state index is -0.104. The summed E-state index contributed by atoms with van der Waals surface area (Å²) in [5.74, 6) is -0.0666. The Morgan fingerprint density at radius 3 is 2.78 bits per heavy atom. The molecule has 6 nitrogen and oxygen atoms in total. The van der Waals surface area contributed by atoms with Crippen molar-refractivity contribution >= 4 is 27.5 Å². The summed E-state index contributed by atoms with van der Waals surface area (Å²) in [5.41, 5.74) is 8.40. The second-order valence-electron chi connectivity index (χ2n) is 6.53. The molecular weight excluding hydrogens is 360 g/mol. The number of rotatable bonds is 8. The van der Waals surface area contributed by atoms with Crippen LogP contribution in [-0.4, -0.2) is 28.5 Å². The molecule has 27 heavy (non-hydrogen) atoms. The molecule has 0 saturated heterocycles. The Hall–Kier alpha value is -2.51. The number of thiophene rings is 1. The van der Waals surface area contributed by atoms with Gasteiger partial charge in [0, 0.05) is 30.5 Å². The minimum absolute atomic E-state index is 0.0666. The lowest BCUT2D eigenvalue weighted by molar-refractivity contribution is -0.121. The topological polar surface area (TPSA) is 90.0 Å². The molecule has 1 aromatic carbocycles. The number of aryl methyl sites for hydroxylation is 2. The van der Waals surface area contributed by atoms with Crippen molar-refractivity contribution in [2.75, 3.05) is 13.1 Å². The summed E-state index contributed by atoms with van der Waals surface area (Å²) in [5, 5.41) is 5.44. The number of nitrogens with one attached hydrogen (secondary N) is 1. The molecule has 0 bridgehead atoms. The first-order valence-corrected chi connectivity index (χ1v) is 9.98. The molecule has 0 aliphatic heterocycles. The van der Waals surface area contributed by atoms with Gasteiger partial charge in [0.05, 0.1) is 11.7 Å². The van der Waals surface area contributed by atoms with E-state index >= 15 is 0 Å². The molecule has 7 heteroatoms. The average molecular weight is 385 g/mol. The van der Waals surface area contributed by atoms with Crippen molar-refractivity contribution in [3.05, 3.63) is 51.9 Å². The summed E-state index contributed by atoms with van der Waals surface area (Å²) < 4.78 is 1.52. The summed E-state index contributed by atoms with van der Waals surface area (Å²) in [4.78, 5) is 30.0. The van der Waals surface area contributed by atoms with Crippen molar-refractivity contribution in [2.45, 2.75) is 32.7 Å². The number of hydrogen-bond donors (Lipinski definition) is 2. The Balaban J connectivity index is 1.77. The third-order valence-electron chi connectivity index (χ3n) is 4.46. The minimum Gasteiger partial charge on any atom is -0.356 e. The Kier molecular flexibility index (Phi) is 6.36. The van der Waals surface area contributed by atoms with Crippen LogP contribution in [0.2, 0.25) is 0 Å². The maximum absolute atomic E-state index is 12.9. The van der Waals surface area contributed by atoms with E-state index in [0.717, 1.165) is 28.8 Å². The van der Waals surface area contributed by atoms with E-state index in [1.807, 2.05) is 36.6 Å². The van der Waals surface area contributed by atoms with Crippen LogP contribution in [0.4, 0.5) is 0 Å². The van der Waals surface area contributed by atoms with Crippen molar-refractivity contribution in [3.63, 3.8) is 0 Å². The van der Waals surface area contributed by atoms with Gasteiger partial charge in [-0.3, -0.25) is 14.2 Å². The summed E-state index contributed by atoms with van der Waals surface area (Å²) >= 11 is 1.46. The quantitative estimate of drug-likeness (QED) is 0.584. The molecule has 3 N–H and O–H groups in total. The standard InChI is InChI=1S/C20H24N4O2S/c1-14-4-6-15(7-5-14)16-12-27-19-18(16)20(26)24(13-23-19)11-8-17(25)22-10-3-2-9-21/h4-7,12-13H,2-3,8-11,21H2,1H3,(H,22,25). The highest BCUT2D eigenvalue weighted by Crippen LogP contribution is 2.30. The molecule has 0 unspecified atom stereocenters. The molecule has 3 rings (SSSR count). The monoisotopic (exact) mass is 384 g/mol. The summed E-state index contributed by atoms with van der Waals surface area (Å²) in [7, 11) is 0. The maximum Gasteiger partial charge on any atom is 0.262 e. The van der Waals surface area contributed by atoms with Crippen LogP contribution in [0, 0.1) is 6.92 Å². The number of amides is 1. The number of hydrogen-bond acceptors (Lipinski definition) is 5.